The van der Waals surface area contributed by atoms with Crippen molar-refractivity contribution in [2.45, 2.75) is 50.4 Å². The van der Waals surface area contributed by atoms with Crippen LogP contribution in [0.1, 0.15) is 50.5 Å². The number of rotatable bonds is 5. The minimum absolute atomic E-state index is 0.112. The zero-order chi connectivity index (χ0) is 14.0. The summed E-state index contributed by atoms with van der Waals surface area (Å²) in [5.41, 5.74) is 7.51. The summed E-state index contributed by atoms with van der Waals surface area (Å²) in [4.78, 5) is 0. The minimum Gasteiger partial charge on any atom is -0.493 e. The molecule has 0 radical (unpaired) electrons. The summed E-state index contributed by atoms with van der Waals surface area (Å²) >= 11 is 6.30. The average molecular weight is 294 g/mol. The molecule has 110 valence electrons. The van der Waals surface area contributed by atoms with Gasteiger partial charge in [-0.15, -0.1) is 0 Å². The lowest BCUT2D eigenvalue weighted by molar-refractivity contribution is 0.288. The lowest BCUT2D eigenvalue weighted by Gasteiger charge is -2.37. The topological polar surface area (TPSA) is 35.2 Å². The first-order valence-corrected chi connectivity index (χ1v) is 8.24. The van der Waals surface area contributed by atoms with Crippen molar-refractivity contribution in [2.75, 3.05) is 13.2 Å². The van der Waals surface area contributed by atoms with Crippen molar-refractivity contribution in [2.24, 2.45) is 11.7 Å². The normalized spacial score (nSPS) is 21.7. The first-order valence-electron chi connectivity index (χ1n) is 7.86. The molecule has 3 rings (SSSR count). The summed E-state index contributed by atoms with van der Waals surface area (Å²) < 4.78 is 5.91. The van der Waals surface area contributed by atoms with Crippen LogP contribution in [0.2, 0.25) is 5.02 Å². The lowest BCUT2D eigenvalue weighted by atomic mass is 9.69. The van der Waals surface area contributed by atoms with Crippen molar-refractivity contribution < 1.29 is 4.74 Å². The SMILES string of the molecule is NCC1(c2cc(Cl)cc(OCC3CC3)c2)CCCCC1. The van der Waals surface area contributed by atoms with Crippen molar-refractivity contribution in [3.8, 4) is 5.75 Å². The standard InChI is InChI=1S/C17H24ClNO/c18-15-8-14(17(12-19)6-2-1-3-7-17)9-16(10-15)20-11-13-4-5-13/h8-10,13H,1-7,11-12,19H2. The summed E-state index contributed by atoms with van der Waals surface area (Å²) in [6.07, 6.45) is 8.81. The molecule has 1 aromatic carbocycles. The fraction of sp³-hybridized carbons (Fsp3) is 0.647. The molecule has 2 fully saturated rings. The van der Waals surface area contributed by atoms with E-state index in [1.165, 1.54) is 50.5 Å². The van der Waals surface area contributed by atoms with Gasteiger partial charge in [0.05, 0.1) is 6.61 Å². The molecule has 1 aromatic rings. The van der Waals surface area contributed by atoms with Crippen LogP contribution < -0.4 is 10.5 Å². The minimum atomic E-state index is 0.112. The van der Waals surface area contributed by atoms with E-state index in [9.17, 15) is 0 Å². The lowest BCUT2D eigenvalue weighted by Crippen LogP contribution is -2.37. The monoisotopic (exact) mass is 293 g/mol. The molecular formula is C17H24ClNO. The van der Waals surface area contributed by atoms with Gasteiger partial charge in [0.25, 0.3) is 0 Å². The number of nitrogens with two attached hydrogens (primary N) is 1. The predicted octanol–water partition coefficient (Wildman–Crippen LogP) is 4.29. The smallest absolute Gasteiger partial charge is 0.121 e. The zero-order valence-electron chi connectivity index (χ0n) is 12.0. The Hall–Kier alpha value is -0.730. The third-order valence-electron chi connectivity index (χ3n) is 4.87. The Morgan fingerprint density at radius 1 is 1.15 bits per heavy atom. The van der Waals surface area contributed by atoms with E-state index in [-0.39, 0.29) is 5.41 Å². The molecule has 2 nitrogen and oxygen atoms in total. The maximum absolute atomic E-state index is 6.30. The Labute approximate surface area is 126 Å². The molecule has 2 saturated carbocycles. The second-order valence-corrected chi connectivity index (χ2v) is 6.91. The molecule has 0 atom stereocenters. The molecule has 0 aromatic heterocycles. The summed E-state index contributed by atoms with van der Waals surface area (Å²) in [6, 6.07) is 6.19. The van der Waals surface area contributed by atoms with Crippen LogP contribution in [0.15, 0.2) is 18.2 Å². The van der Waals surface area contributed by atoms with Crippen molar-refractivity contribution in [1.29, 1.82) is 0 Å². The molecule has 20 heavy (non-hydrogen) atoms. The summed E-state index contributed by atoms with van der Waals surface area (Å²) in [5.74, 6) is 1.67. The molecule has 0 saturated heterocycles. The van der Waals surface area contributed by atoms with E-state index < -0.39 is 0 Å². The molecule has 0 amide bonds. The van der Waals surface area contributed by atoms with Gasteiger partial charge in [0, 0.05) is 17.0 Å². The maximum Gasteiger partial charge on any atom is 0.121 e. The fourth-order valence-corrected chi connectivity index (χ4v) is 3.52. The number of benzene rings is 1. The summed E-state index contributed by atoms with van der Waals surface area (Å²) in [7, 11) is 0. The first kappa shape index (κ1) is 14.2. The van der Waals surface area contributed by atoms with Crippen molar-refractivity contribution >= 4 is 11.6 Å². The largest absolute Gasteiger partial charge is 0.493 e. The van der Waals surface area contributed by atoms with Gasteiger partial charge in [-0.2, -0.15) is 0 Å². The van der Waals surface area contributed by atoms with Gasteiger partial charge < -0.3 is 10.5 Å². The van der Waals surface area contributed by atoms with Gasteiger partial charge >= 0.3 is 0 Å². The van der Waals surface area contributed by atoms with E-state index in [2.05, 4.69) is 12.1 Å². The molecule has 2 aliphatic rings. The van der Waals surface area contributed by atoms with Crippen molar-refractivity contribution in [1.82, 2.24) is 0 Å². The zero-order valence-corrected chi connectivity index (χ0v) is 12.8. The molecule has 3 heteroatoms. The van der Waals surface area contributed by atoms with E-state index in [0.29, 0.717) is 6.54 Å². The van der Waals surface area contributed by atoms with Gasteiger partial charge in [0.15, 0.2) is 0 Å². The van der Waals surface area contributed by atoms with Gasteiger partial charge in [0.2, 0.25) is 0 Å². The van der Waals surface area contributed by atoms with E-state index in [1.807, 2.05) is 6.07 Å². The Kier molecular flexibility index (Phi) is 4.23. The molecule has 0 spiro atoms. The highest BCUT2D eigenvalue weighted by atomic mass is 35.5. The van der Waals surface area contributed by atoms with Crippen LogP contribution in [0.4, 0.5) is 0 Å². The van der Waals surface area contributed by atoms with Gasteiger partial charge in [-0.25, -0.2) is 0 Å². The van der Waals surface area contributed by atoms with E-state index >= 15 is 0 Å². The number of ether oxygens (including phenoxy) is 1. The van der Waals surface area contributed by atoms with Gasteiger partial charge in [-0.05, 0) is 55.4 Å². The molecule has 0 heterocycles. The van der Waals surface area contributed by atoms with Crippen molar-refractivity contribution in [3.63, 3.8) is 0 Å². The second kappa shape index (κ2) is 5.95. The Balaban J connectivity index is 1.82. The van der Waals surface area contributed by atoms with Crippen LogP contribution in [0.3, 0.4) is 0 Å². The fourth-order valence-electron chi connectivity index (χ4n) is 3.29. The van der Waals surface area contributed by atoms with E-state index in [1.54, 1.807) is 0 Å². The maximum atomic E-state index is 6.30. The molecule has 2 N–H and O–H groups in total. The van der Waals surface area contributed by atoms with Gasteiger partial charge in [-0.1, -0.05) is 30.9 Å². The molecule has 0 bridgehead atoms. The van der Waals surface area contributed by atoms with E-state index in [4.69, 9.17) is 22.1 Å². The predicted molar refractivity (Wildman–Crippen MR) is 83.5 cm³/mol. The van der Waals surface area contributed by atoms with Crippen LogP contribution in [0.5, 0.6) is 5.75 Å². The van der Waals surface area contributed by atoms with E-state index in [0.717, 1.165) is 23.3 Å². The third kappa shape index (κ3) is 3.12. The highest BCUT2D eigenvalue weighted by Gasteiger charge is 2.33. The highest BCUT2D eigenvalue weighted by Crippen LogP contribution is 2.41. The number of hydrogen-bond acceptors (Lipinski definition) is 2. The molecule has 2 aliphatic carbocycles. The van der Waals surface area contributed by atoms with Crippen molar-refractivity contribution in [3.05, 3.63) is 28.8 Å². The average Bonchev–Trinajstić information content (AvgIpc) is 3.29. The Morgan fingerprint density at radius 2 is 1.90 bits per heavy atom. The molecular weight excluding hydrogens is 270 g/mol. The van der Waals surface area contributed by atoms with Crippen LogP contribution in [-0.2, 0) is 5.41 Å². The Morgan fingerprint density at radius 3 is 2.55 bits per heavy atom. The van der Waals surface area contributed by atoms with Gasteiger partial charge in [0.1, 0.15) is 5.75 Å². The molecule has 0 aliphatic heterocycles. The number of halogens is 1. The highest BCUT2D eigenvalue weighted by molar-refractivity contribution is 6.30. The first-order chi connectivity index (χ1) is 9.72. The van der Waals surface area contributed by atoms with Gasteiger partial charge in [-0.3, -0.25) is 0 Å². The Bertz CT molecular complexity index is 464. The number of hydrogen-bond donors (Lipinski definition) is 1. The van der Waals surface area contributed by atoms with Crippen LogP contribution >= 0.6 is 11.6 Å². The van der Waals surface area contributed by atoms with Crippen LogP contribution in [0, 0.1) is 5.92 Å². The quantitative estimate of drug-likeness (QED) is 0.879. The summed E-state index contributed by atoms with van der Waals surface area (Å²) in [6.45, 7) is 1.53. The van der Waals surface area contributed by atoms with Crippen LogP contribution in [-0.4, -0.2) is 13.2 Å². The molecule has 0 unspecified atom stereocenters. The van der Waals surface area contributed by atoms with Crippen LogP contribution in [0.25, 0.3) is 0 Å². The second-order valence-electron chi connectivity index (χ2n) is 6.48. The third-order valence-corrected chi connectivity index (χ3v) is 5.09. The summed E-state index contributed by atoms with van der Waals surface area (Å²) in [5, 5.41) is 0.770.